The van der Waals surface area contributed by atoms with Gasteiger partial charge in [-0.3, -0.25) is 9.78 Å². The normalized spacial score (nSPS) is 12.4. The molecule has 1 atom stereocenters. The van der Waals surface area contributed by atoms with E-state index >= 15 is 0 Å². The number of carbonyl (C=O) groups is 1. The van der Waals surface area contributed by atoms with Gasteiger partial charge in [0.05, 0.1) is 11.7 Å². The molecule has 100 valence electrons. The van der Waals surface area contributed by atoms with Gasteiger partial charge in [0.1, 0.15) is 0 Å². The van der Waals surface area contributed by atoms with Gasteiger partial charge in [-0.15, -0.1) is 0 Å². The number of carbonyl (C=O) groups excluding carboxylic acids is 1. The number of rotatable bonds is 7. The van der Waals surface area contributed by atoms with Crippen molar-refractivity contribution < 1.29 is 4.79 Å². The average Bonchev–Trinajstić information content (AvgIpc) is 2.36. The summed E-state index contributed by atoms with van der Waals surface area (Å²) < 4.78 is 0. The number of nitrogens with zero attached hydrogens (tertiary/aromatic N) is 1. The summed E-state index contributed by atoms with van der Waals surface area (Å²) in [7, 11) is 0. The number of pyridine rings is 1. The van der Waals surface area contributed by atoms with Crippen molar-refractivity contribution in [3.05, 3.63) is 30.1 Å². The maximum absolute atomic E-state index is 11.8. The van der Waals surface area contributed by atoms with Gasteiger partial charge in [0.25, 0.3) is 0 Å². The summed E-state index contributed by atoms with van der Waals surface area (Å²) in [5.74, 6) is 0.661. The Hall–Kier alpha value is -1.42. The quantitative estimate of drug-likeness (QED) is 0.773. The summed E-state index contributed by atoms with van der Waals surface area (Å²) >= 11 is 0. The van der Waals surface area contributed by atoms with Crippen LogP contribution in [0.15, 0.2) is 24.4 Å². The summed E-state index contributed by atoms with van der Waals surface area (Å²) in [4.78, 5) is 16.0. The first kappa shape index (κ1) is 14.6. The lowest BCUT2D eigenvalue weighted by atomic mass is 10.1. The molecule has 0 fully saturated rings. The van der Waals surface area contributed by atoms with Crippen molar-refractivity contribution in [1.82, 2.24) is 15.6 Å². The van der Waals surface area contributed by atoms with Gasteiger partial charge in [0.2, 0.25) is 5.91 Å². The van der Waals surface area contributed by atoms with Gasteiger partial charge in [-0.25, -0.2) is 0 Å². The number of amides is 1. The minimum absolute atomic E-state index is 0.0478. The smallest absolute Gasteiger partial charge is 0.236 e. The van der Waals surface area contributed by atoms with Crippen LogP contribution in [0.5, 0.6) is 0 Å². The Labute approximate surface area is 109 Å². The lowest BCUT2D eigenvalue weighted by Crippen LogP contribution is -2.42. The first-order valence-electron chi connectivity index (χ1n) is 6.50. The average molecular weight is 249 g/mol. The van der Waals surface area contributed by atoms with E-state index in [-0.39, 0.29) is 11.9 Å². The second-order valence-corrected chi connectivity index (χ2v) is 4.90. The largest absolute Gasteiger partial charge is 0.355 e. The van der Waals surface area contributed by atoms with E-state index in [1.54, 1.807) is 6.20 Å². The Morgan fingerprint density at radius 1 is 1.33 bits per heavy atom. The van der Waals surface area contributed by atoms with E-state index in [9.17, 15) is 4.79 Å². The van der Waals surface area contributed by atoms with E-state index in [1.807, 2.05) is 25.1 Å². The van der Waals surface area contributed by atoms with Crippen LogP contribution >= 0.6 is 0 Å². The van der Waals surface area contributed by atoms with Crippen molar-refractivity contribution in [3.63, 3.8) is 0 Å². The monoisotopic (exact) mass is 249 g/mol. The molecule has 0 aliphatic carbocycles. The van der Waals surface area contributed by atoms with Crippen LogP contribution in [-0.4, -0.2) is 23.5 Å². The number of aromatic nitrogens is 1. The van der Waals surface area contributed by atoms with Crippen molar-refractivity contribution in [2.45, 2.75) is 39.8 Å². The second kappa shape index (κ2) is 7.82. The molecule has 0 radical (unpaired) electrons. The van der Waals surface area contributed by atoms with E-state index in [4.69, 9.17) is 0 Å². The van der Waals surface area contributed by atoms with Crippen molar-refractivity contribution >= 4 is 5.91 Å². The summed E-state index contributed by atoms with van der Waals surface area (Å²) in [6.07, 6.45) is 2.77. The summed E-state index contributed by atoms with van der Waals surface area (Å²) in [6.45, 7) is 7.52. The van der Waals surface area contributed by atoms with E-state index in [0.717, 1.165) is 18.7 Å². The van der Waals surface area contributed by atoms with Crippen molar-refractivity contribution in [3.8, 4) is 0 Å². The number of nitrogens with one attached hydrogen (secondary N) is 2. The van der Waals surface area contributed by atoms with E-state index in [0.29, 0.717) is 12.5 Å². The predicted octanol–water partition coefficient (Wildman–Crippen LogP) is 1.72. The molecule has 0 bridgehead atoms. The molecule has 0 aliphatic heterocycles. The predicted molar refractivity (Wildman–Crippen MR) is 73.0 cm³/mol. The topological polar surface area (TPSA) is 54.0 Å². The molecule has 0 saturated carbocycles. The molecule has 0 saturated heterocycles. The fraction of sp³-hybridized carbons (Fsp3) is 0.571. The molecule has 18 heavy (non-hydrogen) atoms. The van der Waals surface area contributed by atoms with Crippen LogP contribution < -0.4 is 10.6 Å². The van der Waals surface area contributed by atoms with Crippen LogP contribution in [0.25, 0.3) is 0 Å². The fourth-order valence-corrected chi connectivity index (χ4v) is 1.49. The second-order valence-electron chi connectivity index (χ2n) is 4.90. The highest BCUT2D eigenvalue weighted by Gasteiger charge is 2.11. The van der Waals surface area contributed by atoms with Crippen LogP contribution in [0, 0.1) is 5.92 Å². The first-order chi connectivity index (χ1) is 8.59. The third-order valence-electron chi connectivity index (χ3n) is 2.73. The van der Waals surface area contributed by atoms with E-state index in [2.05, 4.69) is 29.5 Å². The molecule has 1 rings (SSSR count). The summed E-state index contributed by atoms with van der Waals surface area (Å²) in [6, 6.07) is 5.57. The maximum atomic E-state index is 11.8. The van der Waals surface area contributed by atoms with Gasteiger partial charge < -0.3 is 10.6 Å². The standard InChI is InChI=1S/C14H23N3O/c1-11(2)7-9-16-14(18)12(3)17-10-13-6-4-5-8-15-13/h4-6,8,11-12,17H,7,9-10H2,1-3H3,(H,16,18). The van der Waals surface area contributed by atoms with Gasteiger partial charge in [0, 0.05) is 19.3 Å². The Morgan fingerprint density at radius 2 is 2.11 bits per heavy atom. The maximum Gasteiger partial charge on any atom is 0.236 e. The van der Waals surface area contributed by atoms with Crippen molar-refractivity contribution in [1.29, 1.82) is 0 Å². The van der Waals surface area contributed by atoms with E-state index in [1.165, 1.54) is 0 Å². The van der Waals surface area contributed by atoms with Gasteiger partial charge in [-0.2, -0.15) is 0 Å². The number of hydrogen-bond acceptors (Lipinski definition) is 3. The fourth-order valence-electron chi connectivity index (χ4n) is 1.49. The molecule has 1 aromatic rings. The van der Waals surface area contributed by atoms with Gasteiger partial charge in [-0.05, 0) is 31.4 Å². The lowest BCUT2D eigenvalue weighted by molar-refractivity contribution is -0.122. The van der Waals surface area contributed by atoms with Crippen LogP contribution in [-0.2, 0) is 11.3 Å². The zero-order valence-electron chi connectivity index (χ0n) is 11.4. The highest BCUT2D eigenvalue weighted by Crippen LogP contribution is 1.97. The SMILES string of the molecule is CC(C)CCNC(=O)C(C)NCc1ccccn1. The Bertz CT molecular complexity index is 351. The lowest BCUT2D eigenvalue weighted by Gasteiger charge is -2.14. The molecule has 0 aliphatic rings. The van der Waals surface area contributed by atoms with Crippen LogP contribution in [0.4, 0.5) is 0 Å². The number of hydrogen-bond donors (Lipinski definition) is 2. The Balaban J connectivity index is 2.23. The first-order valence-corrected chi connectivity index (χ1v) is 6.50. The molecule has 4 heteroatoms. The van der Waals surface area contributed by atoms with Gasteiger partial charge in [-0.1, -0.05) is 19.9 Å². The van der Waals surface area contributed by atoms with E-state index < -0.39 is 0 Å². The Kier molecular flexibility index (Phi) is 6.36. The third kappa shape index (κ3) is 5.77. The Morgan fingerprint density at radius 3 is 2.72 bits per heavy atom. The minimum atomic E-state index is -0.195. The van der Waals surface area contributed by atoms with Gasteiger partial charge >= 0.3 is 0 Å². The molecule has 1 heterocycles. The highest BCUT2D eigenvalue weighted by molar-refractivity contribution is 5.81. The zero-order chi connectivity index (χ0) is 13.4. The molecule has 0 spiro atoms. The summed E-state index contributed by atoms with van der Waals surface area (Å²) in [5.41, 5.74) is 0.944. The molecule has 4 nitrogen and oxygen atoms in total. The molecule has 2 N–H and O–H groups in total. The van der Waals surface area contributed by atoms with Crippen LogP contribution in [0.2, 0.25) is 0 Å². The highest BCUT2D eigenvalue weighted by atomic mass is 16.2. The molecule has 1 aromatic heterocycles. The van der Waals surface area contributed by atoms with Crippen molar-refractivity contribution in [2.24, 2.45) is 5.92 Å². The zero-order valence-corrected chi connectivity index (χ0v) is 11.4. The molecular weight excluding hydrogens is 226 g/mol. The summed E-state index contributed by atoms with van der Waals surface area (Å²) in [5, 5.41) is 6.09. The third-order valence-corrected chi connectivity index (χ3v) is 2.73. The molecule has 1 amide bonds. The van der Waals surface area contributed by atoms with Gasteiger partial charge in [0.15, 0.2) is 0 Å². The van der Waals surface area contributed by atoms with Crippen LogP contribution in [0.3, 0.4) is 0 Å². The molecule has 1 unspecified atom stereocenters. The van der Waals surface area contributed by atoms with Crippen molar-refractivity contribution in [2.75, 3.05) is 6.54 Å². The minimum Gasteiger partial charge on any atom is -0.355 e. The molecule has 0 aromatic carbocycles. The van der Waals surface area contributed by atoms with Crippen LogP contribution in [0.1, 0.15) is 32.9 Å². The molecular formula is C14H23N3O.